The van der Waals surface area contributed by atoms with E-state index < -0.39 is 10.0 Å². The first kappa shape index (κ1) is 23.3. The van der Waals surface area contributed by atoms with Gasteiger partial charge in [0.25, 0.3) is 0 Å². The second-order valence-corrected chi connectivity index (χ2v) is 11.8. The fourth-order valence-electron chi connectivity index (χ4n) is 3.87. The Hall–Kier alpha value is -1.34. The summed E-state index contributed by atoms with van der Waals surface area (Å²) in [7, 11) is -3.46. The normalized spacial score (nSPS) is 16.7. The van der Waals surface area contributed by atoms with Crippen molar-refractivity contribution in [1.29, 1.82) is 0 Å². The molecule has 0 aliphatic carbocycles. The van der Waals surface area contributed by atoms with E-state index in [2.05, 4.69) is 60.9 Å². The highest BCUT2D eigenvalue weighted by Crippen LogP contribution is 2.25. The van der Waals surface area contributed by atoms with Gasteiger partial charge in [-0.25, -0.2) is 13.1 Å². The Kier molecular flexibility index (Phi) is 7.66. The summed E-state index contributed by atoms with van der Waals surface area (Å²) in [5.41, 5.74) is 2.53. The molecule has 0 bridgehead atoms. The van der Waals surface area contributed by atoms with Gasteiger partial charge in [-0.3, -0.25) is 4.90 Å². The Morgan fingerprint density at radius 3 is 2.27 bits per heavy atom. The van der Waals surface area contributed by atoms with Gasteiger partial charge in [0.1, 0.15) is 0 Å². The fourth-order valence-corrected chi connectivity index (χ4v) is 5.59. The average molecular weight is 447 g/mol. The molecule has 0 radical (unpaired) electrons. The van der Waals surface area contributed by atoms with Crippen LogP contribution in [0.2, 0.25) is 0 Å². The number of benzene rings is 2. The number of hydrogen-bond donors (Lipinski definition) is 1. The molecule has 4 nitrogen and oxygen atoms in total. The van der Waals surface area contributed by atoms with Crippen LogP contribution in [-0.2, 0) is 22.0 Å². The van der Waals surface area contributed by atoms with Crippen molar-refractivity contribution in [1.82, 2.24) is 9.62 Å². The largest absolute Gasteiger partial charge is 0.299 e. The van der Waals surface area contributed by atoms with Crippen LogP contribution in [0.5, 0.6) is 0 Å². The quantitative estimate of drug-likeness (QED) is 0.615. The zero-order valence-electron chi connectivity index (χ0n) is 18.5. The highest BCUT2D eigenvalue weighted by atomic mass is 32.2. The molecule has 1 saturated heterocycles. The molecule has 2 aromatic carbocycles. The minimum Gasteiger partial charge on any atom is -0.299 e. The van der Waals surface area contributed by atoms with Crippen LogP contribution in [0.1, 0.15) is 44.7 Å². The molecule has 0 aromatic heterocycles. The average Bonchev–Trinajstić information content (AvgIpc) is 2.73. The lowest BCUT2D eigenvalue weighted by Crippen LogP contribution is -2.38. The van der Waals surface area contributed by atoms with Crippen molar-refractivity contribution in [3.05, 3.63) is 59.7 Å². The van der Waals surface area contributed by atoms with Crippen LogP contribution < -0.4 is 4.72 Å². The lowest BCUT2D eigenvalue weighted by Gasteiger charge is -2.32. The molecule has 0 atom stereocenters. The molecule has 0 unspecified atom stereocenters. The van der Waals surface area contributed by atoms with Gasteiger partial charge in [-0.2, -0.15) is 0 Å². The van der Waals surface area contributed by atoms with Gasteiger partial charge in [-0.15, -0.1) is 11.8 Å². The van der Waals surface area contributed by atoms with Crippen molar-refractivity contribution < 1.29 is 8.42 Å². The lowest BCUT2D eigenvalue weighted by molar-refractivity contribution is 0.177. The predicted octanol–water partition coefficient (Wildman–Crippen LogP) is 4.90. The van der Waals surface area contributed by atoms with Crippen molar-refractivity contribution in [2.75, 3.05) is 25.9 Å². The predicted molar refractivity (Wildman–Crippen MR) is 127 cm³/mol. The van der Waals surface area contributed by atoms with Gasteiger partial charge in [-0.05, 0) is 72.8 Å². The van der Waals surface area contributed by atoms with E-state index in [1.165, 1.54) is 10.5 Å². The molecule has 1 aliphatic heterocycles. The number of rotatable bonds is 7. The summed E-state index contributed by atoms with van der Waals surface area (Å²) < 4.78 is 28.2. The van der Waals surface area contributed by atoms with E-state index >= 15 is 0 Å². The Morgan fingerprint density at radius 1 is 1.03 bits per heavy atom. The smallest absolute Gasteiger partial charge is 0.240 e. The van der Waals surface area contributed by atoms with Crippen LogP contribution in [-0.4, -0.2) is 39.2 Å². The lowest BCUT2D eigenvalue weighted by atomic mass is 9.87. The molecule has 1 fully saturated rings. The van der Waals surface area contributed by atoms with Crippen LogP contribution >= 0.6 is 11.8 Å². The van der Waals surface area contributed by atoms with Crippen LogP contribution in [0.4, 0.5) is 0 Å². The number of hydrogen-bond acceptors (Lipinski definition) is 4. The summed E-state index contributed by atoms with van der Waals surface area (Å²) >= 11 is 1.79. The monoisotopic (exact) mass is 446 g/mol. The van der Waals surface area contributed by atoms with E-state index in [0.29, 0.717) is 17.4 Å². The van der Waals surface area contributed by atoms with E-state index in [-0.39, 0.29) is 5.41 Å². The first-order valence-electron chi connectivity index (χ1n) is 10.6. The third kappa shape index (κ3) is 6.10. The second kappa shape index (κ2) is 9.86. The van der Waals surface area contributed by atoms with Gasteiger partial charge in [0.15, 0.2) is 0 Å². The van der Waals surface area contributed by atoms with Crippen molar-refractivity contribution >= 4 is 21.8 Å². The van der Waals surface area contributed by atoms with Crippen LogP contribution in [0.25, 0.3) is 0 Å². The maximum atomic E-state index is 12.7. The number of thioether (sulfide) groups is 1. The maximum Gasteiger partial charge on any atom is 0.240 e. The summed E-state index contributed by atoms with van der Waals surface area (Å²) in [5, 5.41) is 0. The van der Waals surface area contributed by atoms with Crippen LogP contribution in [0, 0.1) is 5.92 Å². The van der Waals surface area contributed by atoms with E-state index in [1.807, 2.05) is 12.1 Å². The Labute approximate surface area is 186 Å². The van der Waals surface area contributed by atoms with Gasteiger partial charge in [-0.1, -0.05) is 51.1 Å². The summed E-state index contributed by atoms with van der Waals surface area (Å²) in [6.45, 7) is 9.88. The second-order valence-electron chi connectivity index (χ2n) is 9.16. The molecule has 1 aliphatic rings. The topological polar surface area (TPSA) is 49.4 Å². The molecular weight excluding hydrogens is 412 g/mol. The standard InChI is InChI=1S/C24H34N2O2S2/c1-24(2,3)21-9-11-22(12-10-21)30(27,28)25-17-19-13-15-26(16-14-19)18-20-7-5-6-8-23(20)29-4/h5-12,19,25H,13-18H2,1-4H3. The highest BCUT2D eigenvalue weighted by molar-refractivity contribution is 7.98. The first-order chi connectivity index (χ1) is 14.2. The minimum absolute atomic E-state index is 0.0139. The molecule has 6 heteroatoms. The molecule has 2 aromatic rings. The Morgan fingerprint density at radius 2 is 1.67 bits per heavy atom. The SMILES string of the molecule is CSc1ccccc1CN1CCC(CNS(=O)(=O)c2ccc(C(C)(C)C)cc2)CC1. The zero-order valence-corrected chi connectivity index (χ0v) is 20.2. The number of likely N-dealkylation sites (tertiary alicyclic amines) is 1. The molecule has 0 saturated carbocycles. The van der Waals surface area contributed by atoms with E-state index in [9.17, 15) is 8.42 Å². The third-order valence-corrected chi connectivity index (χ3v) is 8.16. The number of nitrogens with one attached hydrogen (secondary N) is 1. The van der Waals surface area contributed by atoms with Crippen molar-refractivity contribution in [3.63, 3.8) is 0 Å². The van der Waals surface area contributed by atoms with E-state index in [4.69, 9.17) is 0 Å². The molecular formula is C24H34N2O2S2. The van der Waals surface area contributed by atoms with E-state index in [1.54, 1.807) is 23.9 Å². The molecule has 164 valence electrons. The summed E-state index contributed by atoms with van der Waals surface area (Å²) in [6.07, 6.45) is 4.16. The molecule has 1 heterocycles. The summed E-state index contributed by atoms with van der Waals surface area (Å²) in [4.78, 5) is 4.16. The van der Waals surface area contributed by atoms with Gasteiger partial charge < -0.3 is 0 Å². The fraction of sp³-hybridized carbons (Fsp3) is 0.500. The van der Waals surface area contributed by atoms with Crippen molar-refractivity contribution in [2.45, 2.75) is 55.4 Å². The molecule has 30 heavy (non-hydrogen) atoms. The van der Waals surface area contributed by atoms with Crippen LogP contribution in [0.3, 0.4) is 0 Å². The van der Waals surface area contributed by atoms with Gasteiger partial charge >= 0.3 is 0 Å². The molecule has 0 spiro atoms. The number of piperidine rings is 1. The van der Waals surface area contributed by atoms with Crippen LogP contribution in [0.15, 0.2) is 58.3 Å². The van der Waals surface area contributed by atoms with Gasteiger partial charge in [0.2, 0.25) is 10.0 Å². The number of sulfonamides is 1. The third-order valence-electron chi connectivity index (χ3n) is 5.89. The molecule has 1 N–H and O–H groups in total. The van der Waals surface area contributed by atoms with Gasteiger partial charge in [0, 0.05) is 18.0 Å². The molecule has 3 rings (SSSR count). The Bertz CT molecular complexity index is 926. The number of nitrogens with zero attached hydrogens (tertiary/aromatic N) is 1. The highest BCUT2D eigenvalue weighted by Gasteiger charge is 2.23. The van der Waals surface area contributed by atoms with E-state index in [0.717, 1.165) is 38.0 Å². The van der Waals surface area contributed by atoms with Crippen molar-refractivity contribution in [2.24, 2.45) is 5.92 Å². The molecule has 0 amide bonds. The zero-order chi connectivity index (χ0) is 21.8. The minimum atomic E-state index is -3.46. The first-order valence-corrected chi connectivity index (χ1v) is 13.3. The summed E-state index contributed by atoms with van der Waals surface area (Å²) in [5.74, 6) is 0.390. The van der Waals surface area contributed by atoms with Crippen molar-refractivity contribution in [3.8, 4) is 0 Å². The summed E-state index contributed by atoms with van der Waals surface area (Å²) in [6, 6.07) is 15.8. The Balaban J connectivity index is 1.50. The maximum absolute atomic E-state index is 12.7. The van der Waals surface area contributed by atoms with Gasteiger partial charge in [0.05, 0.1) is 4.90 Å².